The van der Waals surface area contributed by atoms with Crippen molar-refractivity contribution >= 4 is 11.7 Å². The van der Waals surface area contributed by atoms with Crippen molar-refractivity contribution < 1.29 is 13.9 Å². The van der Waals surface area contributed by atoms with Crippen LogP contribution in [-0.4, -0.2) is 37.2 Å². The predicted octanol–water partition coefficient (Wildman–Crippen LogP) is 3.11. The minimum absolute atomic E-state index is 0.177. The Hall–Kier alpha value is -1.62. The van der Waals surface area contributed by atoms with Gasteiger partial charge in [0.1, 0.15) is 5.82 Å². The van der Waals surface area contributed by atoms with Crippen molar-refractivity contribution in [1.82, 2.24) is 4.90 Å². The number of nitrogens with one attached hydrogen (secondary N) is 1. The first kappa shape index (κ1) is 14.8. The highest BCUT2D eigenvalue weighted by molar-refractivity contribution is 5.89. The van der Waals surface area contributed by atoms with Crippen molar-refractivity contribution in [3.8, 4) is 0 Å². The van der Waals surface area contributed by atoms with Gasteiger partial charge >= 0.3 is 6.03 Å². The highest BCUT2D eigenvalue weighted by Gasteiger charge is 2.22. The maximum Gasteiger partial charge on any atom is 0.321 e. The molecular weight excluding hydrogens is 259 g/mol. The largest absolute Gasteiger partial charge is 0.381 e. The molecule has 0 bridgehead atoms. The Morgan fingerprint density at radius 2 is 2.40 bits per heavy atom. The molecule has 1 heterocycles. The molecule has 1 aromatic carbocycles. The summed E-state index contributed by atoms with van der Waals surface area (Å²) in [7, 11) is 0. The van der Waals surface area contributed by atoms with Crippen molar-refractivity contribution in [2.75, 3.05) is 31.6 Å². The summed E-state index contributed by atoms with van der Waals surface area (Å²) in [5.41, 5.74) is 0.485. The number of urea groups is 1. The Bertz CT molecular complexity index is 447. The zero-order valence-electron chi connectivity index (χ0n) is 11.8. The monoisotopic (exact) mass is 280 g/mol. The molecule has 1 atom stereocenters. The standard InChI is InChI=1S/C15H21FN2O2/c1-2-7-18(10-12-6-8-20-11-12)15(19)17-14-5-3-4-13(16)9-14/h3-5,9,12H,2,6-8,10-11H2,1H3,(H,17,19). The number of anilines is 1. The van der Waals surface area contributed by atoms with Gasteiger partial charge in [0.2, 0.25) is 0 Å². The molecule has 1 fully saturated rings. The van der Waals surface area contributed by atoms with Crippen LogP contribution in [0.4, 0.5) is 14.9 Å². The quantitative estimate of drug-likeness (QED) is 0.900. The maximum absolute atomic E-state index is 13.1. The van der Waals surface area contributed by atoms with Crippen LogP contribution < -0.4 is 5.32 Å². The molecule has 1 aliphatic rings. The van der Waals surface area contributed by atoms with Gasteiger partial charge in [-0.3, -0.25) is 0 Å². The fourth-order valence-corrected chi connectivity index (χ4v) is 2.35. The van der Waals surface area contributed by atoms with E-state index < -0.39 is 0 Å². The van der Waals surface area contributed by atoms with Crippen LogP contribution in [0.3, 0.4) is 0 Å². The second-order valence-electron chi connectivity index (χ2n) is 5.12. The summed E-state index contributed by atoms with van der Waals surface area (Å²) < 4.78 is 18.5. The summed E-state index contributed by atoms with van der Waals surface area (Å²) in [6.07, 6.45) is 1.89. The van der Waals surface area contributed by atoms with Gasteiger partial charge in [0, 0.05) is 31.3 Å². The number of ether oxygens (including phenoxy) is 1. The molecule has 1 aromatic rings. The van der Waals surface area contributed by atoms with Gasteiger partial charge in [-0.25, -0.2) is 9.18 Å². The molecule has 0 saturated carbocycles. The fraction of sp³-hybridized carbons (Fsp3) is 0.533. The number of carbonyl (C=O) groups is 1. The fourth-order valence-electron chi connectivity index (χ4n) is 2.35. The van der Waals surface area contributed by atoms with E-state index in [4.69, 9.17) is 4.74 Å². The molecule has 1 aliphatic heterocycles. The predicted molar refractivity (Wildman–Crippen MR) is 76.2 cm³/mol. The van der Waals surface area contributed by atoms with Crippen LogP contribution in [0.25, 0.3) is 0 Å². The van der Waals surface area contributed by atoms with Crippen molar-refractivity contribution in [1.29, 1.82) is 0 Å². The van der Waals surface area contributed by atoms with Crippen molar-refractivity contribution in [3.05, 3.63) is 30.1 Å². The Kier molecular flexibility index (Phi) is 5.35. The lowest BCUT2D eigenvalue weighted by Crippen LogP contribution is -2.39. The average molecular weight is 280 g/mol. The van der Waals surface area contributed by atoms with E-state index in [1.54, 1.807) is 17.0 Å². The van der Waals surface area contributed by atoms with E-state index in [1.807, 2.05) is 6.92 Å². The van der Waals surface area contributed by atoms with Gasteiger partial charge in [0.05, 0.1) is 6.61 Å². The number of halogens is 1. The second kappa shape index (κ2) is 7.24. The lowest BCUT2D eigenvalue weighted by Gasteiger charge is -2.25. The Morgan fingerprint density at radius 1 is 1.55 bits per heavy atom. The van der Waals surface area contributed by atoms with Crippen molar-refractivity contribution in [2.45, 2.75) is 19.8 Å². The first-order chi connectivity index (χ1) is 9.69. The van der Waals surface area contributed by atoms with Crippen LogP contribution in [0.5, 0.6) is 0 Å². The lowest BCUT2D eigenvalue weighted by molar-refractivity contribution is 0.169. The molecule has 1 unspecified atom stereocenters. The zero-order valence-corrected chi connectivity index (χ0v) is 11.8. The van der Waals surface area contributed by atoms with Gasteiger partial charge in [-0.2, -0.15) is 0 Å². The topological polar surface area (TPSA) is 41.6 Å². The van der Waals surface area contributed by atoms with Crippen LogP contribution in [0, 0.1) is 11.7 Å². The van der Waals surface area contributed by atoms with Gasteiger partial charge in [-0.1, -0.05) is 13.0 Å². The summed E-state index contributed by atoms with van der Waals surface area (Å²) in [5.74, 6) is 0.0499. The molecule has 0 aliphatic carbocycles. The van der Waals surface area contributed by atoms with Gasteiger partial charge in [-0.05, 0) is 31.0 Å². The maximum atomic E-state index is 13.1. The number of carbonyl (C=O) groups excluding carboxylic acids is 1. The van der Waals surface area contributed by atoms with Crippen molar-refractivity contribution in [3.63, 3.8) is 0 Å². The SMILES string of the molecule is CCCN(CC1CCOC1)C(=O)Nc1cccc(F)c1. The number of benzene rings is 1. The van der Waals surface area contributed by atoms with Gasteiger partial charge in [-0.15, -0.1) is 0 Å². The molecule has 0 radical (unpaired) electrons. The average Bonchev–Trinajstić information content (AvgIpc) is 2.91. The Labute approximate surface area is 118 Å². The van der Waals surface area contributed by atoms with Crippen LogP contribution in [0.2, 0.25) is 0 Å². The number of hydrogen-bond acceptors (Lipinski definition) is 2. The molecule has 2 rings (SSSR count). The van der Waals surface area contributed by atoms with E-state index in [-0.39, 0.29) is 11.8 Å². The molecule has 0 aromatic heterocycles. The number of rotatable bonds is 5. The first-order valence-corrected chi connectivity index (χ1v) is 7.08. The van der Waals surface area contributed by atoms with E-state index >= 15 is 0 Å². The summed E-state index contributed by atoms with van der Waals surface area (Å²) in [5, 5.41) is 2.75. The number of hydrogen-bond donors (Lipinski definition) is 1. The minimum Gasteiger partial charge on any atom is -0.381 e. The van der Waals surface area contributed by atoms with Crippen molar-refractivity contribution in [2.24, 2.45) is 5.92 Å². The zero-order chi connectivity index (χ0) is 14.4. The normalized spacial score (nSPS) is 18.0. The van der Waals surface area contributed by atoms with Gasteiger partial charge in [0.25, 0.3) is 0 Å². The van der Waals surface area contributed by atoms with Crippen LogP contribution in [0.1, 0.15) is 19.8 Å². The third-order valence-electron chi connectivity index (χ3n) is 3.36. The summed E-state index contributed by atoms with van der Waals surface area (Å²) in [6, 6.07) is 5.77. The van der Waals surface area contributed by atoms with Crippen LogP contribution >= 0.6 is 0 Å². The highest BCUT2D eigenvalue weighted by atomic mass is 19.1. The summed E-state index contributed by atoms with van der Waals surface area (Å²) in [4.78, 5) is 14.0. The van der Waals surface area contributed by atoms with E-state index in [1.165, 1.54) is 12.1 Å². The number of nitrogens with zero attached hydrogens (tertiary/aromatic N) is 1. The Morgan fingerprint density at radius 3 is 3.05 bits per heavy atom. The molecular formula is C15H21FN2O2. The van der Waals surface area contributed by atoms with Gasteiger partial charge in [0.15, 0.2) is 0 Å². The smallest absolute Gasteiger partial charge is 0.321 e. The third-order valence-corrected chi connectivity index (χ3v) is 3.36. The third kappa shape index (κ3) is 4.20. The van der Waals surface area contributed by atoms with E-state index in [9.17, 15) is 9.18 Å². The molecule has 1 N–H and O–H groups in total. The van der Waals surface area contributed by atoms with Gasteiger partial charge < -0.3 is 15.0 Å². The Balaban J connectivity index is 1.95. The molecule has 110 valence electrons. The molecule has 20 heavy (non-hydrogen) atoms. The van der Waals surface area contributed by atoms with E-state index in [0.717, 1.165) is 19.4 Å². The summed E-state index contributed by atoms with van der Waals surface area (Å²) >= 11 is 0. The second-order valence-corrected chi connectivity index (χ2v) is 5.12. The lowest BCUT2D eigenvalue weighted by atomic mass is 10.1. The van der Waals surface area contributed by atoms with E-state index in [0.29, 0.717) is 31.3 Å². The summed E-state index contributed by atoms with van der Waals surface area (Å²) in [6.45, 7) is 4.91. The highest BCUT2D eigenvalue weighted by Crippen LogP contribution is 2.16. The molecule has 0 spiro atoms. The molecule has 2 amide bonds. The number of amides is 2. The minimum atomic E-state index is -0.353. The van der Waals surface area contributed by atoms with Crippen LogP contribution in [-0.2, 0) is 4.74 Å². The molecule has 4 nitrogen and oxygen atoms in total. The first-order valence-electron chi connectivity index (χ1n) is 7.08. The molecule has 1 saturated heterocycles. The molecule has 5 heteroatoms. The van der Waals surface area contributed by atoms with E-state index in [2.05, 4.69) is 5.32 Å². The van der Waals surface area contributed by atoms with Crippen LogP contribution in [0.15, 0.2) is 24.3 Å².